The van der Waals surface area contributed by atoms with Crippen LogP contribution in [-0.2, 0) is 4.74 Å². The minimum absolute atomic E-state index is 0.246. The van der Waals surface area contributed by atoms with Crippen LogP contribution >= 0.6 is 0 Å². The number of hydrogen-bond donors (Lipinski definition) is 0. The molecule has 1 aliphatic heterocycles. The predicted molar refractivity (Wildman–Crippen MR) is 102 cm³/mol. The standard InChI is InChI=1S/C19H26N4O3/c1-3-25-13-14-26-18-17(22-11-9-21(2)10-12-22)15-20-23(19(18)24)16-7-5-4-6-8-16/h4-8,15H,3,9-14H2,1-2H3. The molecule has 3 rings (SSSR count). The zero-order chi connectivity index (χ0) is 18.4. The lowest BCUT2D eigenvalue weighted by Gasteiger charge is -2.34. The van der Waals surface area contributed by atoms with Crippen molar-refractivity contribution in [2.24, 2.45) is 0 Å². The van der Waals surface area contributed by atoms with E-state index in [-0.39, 0.29) is 5.56 Å². The van der Waals surface area contributed by atoms with E-state index in [2.05, 4.69) is 21.9 Å². The third-order valence-electron chi connectivity index (χ3n) is 4.44. The quantitative estimate of drug-likeness (QED) is 0.698. The van der Waals surface area contributed by atoms with Gasteiger partial charge in [0.1, 0.15) is 12.3 Å². The summed E-state index contributed by atoms with van der Waals surface area (Å²) in [7, 11) is 2.10. The molecule has 26 heavy (non-hydrogen) atoms. The van der Waals surface area contributed by atoms with Gasteiger partial charge >= 0.3 is 5.56 Å². The van der Waals surface area contributed by atoms with Crippen LogP contribution in [0.1, 0.15) is 6.92 Å². The Kier molecular flexibility index (Phi) is 6.25. The average Bonchev–Trinajstić information content (AvgIpc) is 2.67. The maximum atomic E-state index is 13.1. The average molecular weight is 358 g/mol. The Morgan fingerprint density at radius 2 is 1.81 bits per heavy atom. The number of benzene rings is 1. The first-order chi connectivity index (χ1) is 12.7. The summed E-state index contributed by atoms with van der Waals surface area (Å²) in [5, 5.41) is 4.39. The molecule has 0 amide bonds. The summed E-state index contributed by atoms with van der Waals surface area (Å²) >= 11 is 0. The molecule has 0 N–H and O–H groups in total. The lowest BCUT2D eigenvalue weighted by molar-refractivity contribution is 0.109. The summed E-state index contributed by atoms with van der Waals surface area (Å²) in [5.74, 6) is 0.341. The van der Waals surface area contributed by atoms with Crippen molar-refractivity contribution >= 4 is 5.69 Å². The smallest absolute Gasteiger partial charge is 0.316 e. The zero-order valence-electron chi connectivity index (χ0n) is 15.4. The highest BCUT2D eigenvalue weighted by Crippen LogP contribution is 2.25. The van der Waals surface area contributed by atoms with Crippen molar-refractivity contribution in [3.8, 4) is 11.4 Å². The molecule has 0 saturated carbocycles. The van der Waals surface area contributed by atoms with Crippen LogP contribution in [0.3, 0.4) is 0 Å². The Bertz CT molecular complexity index is 755. The van der Waals surface area contributed by atoms with Crippen LogP contribution in [0.2, 0.25) is 0 Å². The molecule has 1 saturated heterocycles. The van der Waals surface area contributed by atoms with E-state index in [0.717, 1.165) is 37.6 Å². The third kappa shape index (κ3) is 4.23. The number of nitrogens with zero attached hydrogens (tertiary/aromatic N) is 4. The normalized spacial score (nSPS) is 15.2. The fourth-order valence-electron chi connectivity index (χ4n) is 2.94. The minimum atomic E-state index is -0.246. The molecule has 7 heteroatoms. The molecular weight excluding hydrogens is 332 g/mol. The molecule has 0 aliphatic carbocycles. The van der Waals surface area contributed by atoms with E-state index < -0.39 is 0 Å². The van der Waals surface area contributed by atoms with Gasteiger partial charge < -0.3 is 19.3 Å². The van der Waals surface area contributed by atoms with Crippen LogP contribution in [-0.4, -0.2) is 67.7 Å². The summed E-state index contributed by atoms with van der Waals surface area (Å²) in [5.41, 5.74) is 1.23. The van der Waals surface area contributed by atoms with E-state index in [0.29, 0.717) is 25.6 Å². The van der Waals surface area contributed by atoms with Crippen molar-refractivity contribution in [1.82, 2.24) is 14.7 Å². The number of likely N-dealkylation sites (N-methyl/N-ethyl adjacent to an activating group) is 1. The molecule has 2 heterocycles. The second-order valence-corrected chi connectivity index (χ2v) is 6.25. The van der Waals surface area contributed by atoms with E-state index in [1.165, 1.54) is 4.68 Å². The summed E-state index contributed by atoms with van der Waals surface area (Å²) in [6.07, 6.45) is 1.73. The van der Waals surface area contributed by atoms with Crippen LogP contribution in [0, 0.1) is 0 Å². The van der Waals surface area contributed by atoms with Gasteiger partial charge in [0.2, 0.25) is 5.75 Å². The Morgan fingerprint density at radius 3 is 2.50 bits per heavy atom. The number of ether oxygens (including phenoxy) is 2. The van der Waals surface area contributed by atoms with Gasteiger partial charge in [-0.05, 0) is 26.1 Å². The van der Waals surface area contributed by atoms with Gasteiger partial charge in [0.15, 0.2) is 0 Å². The minimum Gasteiger partial charge on any atom is -0.484 e. The van der Waals surface area contributed by atoms with Gasteiger partial charge in [-0.25, -0.2) is 0 Å². The molecule has 1 aliphatic rings. The first-order valence-electron chi connectivity index (χ1n) is 9.02. The van der Waals surface area contributed by atoms with Crippen molar-refractivity contribution in [2.45, 2.75) is 6.92 Å². The van der Waals surface area contributed by atoms with Gasteiger partial charge in [-0.3, -0.25) is 4.79 Å². The summed E-state index contributed by atoms with van der Waals surface area (Å²) in [6.45, 7) is 6.92. The lowest BCUT2D eigenvalue weighted by Crippen LogP contribution is -2.45. The van der Waals surface area contributed by atoms with Crippen molar-refractivity contribution in [2.75, 3.05) is 57.9 Å². The molecular formula is C19H26N4O3. The van der Waals surface area contributed by atoms with Gasteiger partial charge in [0, 0.05) is 32.8 Å². The van der Waals surface area contributed by atoms with Gasteiger partial charge in [-0.15, -0.1) is 0 Å². The molecule has 2 aromatic rings. The second kappa shape index (κ2) is 8.82. The molecule has 140 valence electrons. The highest BCUT2D eigenvalue weighted by molar-refractivity contribution is 5.57. The summed E-state index contributed by atoms with van der Waals surface area (Å²) < 4.78 is 12.6. The second-order valence-electron chi connectivity index (χ2n) is 6.25. The lowest BCUT2D eigenvalue weighted by atomic mass is 10.2. The van der Waals surface area contributed by atoms with Crippen LogP contribution < -0.4 is 15.2 Å². The van der Waals surface area contributed by atoms with Crippen molar-refractivity contribution in [3.63, 3.8) is 0 Å². The number of anilines is 1. The SMILES string of the molecule is CCOCCOc1c(N2CCN(C)CC2)cnn(-c2ccccc2)c1=O. The first-order valence-corrected chi connectivity index (χ1v) is 9.02. The van der Waals surface area contributed by atoms with E-state index in [4.69, 9.17) is 9.47 Å². The van der Waals surface area contributed by atoms with Crippen molar-refractivity contribution < 1.29 is 9.47 Å². The highest BCUT2D eigenvalue weighted by Gasteiger charge is 2.22. The van der Waals surface area contributed by atoms with Crippen LogP contribution in [0.4, 0.5) is 5.69 Å². The number of aromatic nitrogens is 2. The molecule has 1 fully saturated rings. The maximum Gasteiger partial charge on any atom is 0.316 e. The van der Waals surface area contributed by atoms with Gasteiger partial charge in [-0.1, -0.05) is 18.2 Å². The molecule has 1 aromatic carbocycles. The van der Waals surface area contributed by atoms with Gasteiger partial charge in [0.25, 0.3) is 0 Å². The molecule has 0 bridgehead atoms. The van der Waals surface area contributed by atoms with Crippen molar-refractivity contribution in [1.29, 1.82) is 0 Å². The Labute approximate surface area is 153 Å². The topological polar surface area (TPSA) is 59.8 Å². The largest absolute Gasteiger partial charge is 0.484 e. The molecule has 0 atom stereocenters. The fourth-order valence-corrected chi connectivity index (χ4v) is 2.94. The van der Waals surface area contributed by atoms with Gasteiger partial charge in [-0.2, -0.15) is 9.78 Å². The van der Waals surface area contributed by atoms with E-state index in [9.17, 15) is 4.79 Å². The molecule has 0 unspecified atom stereocenters. The number of piperazine rings is 1. The van der Waals surface area contributed by atoms with Crippen LogP contribution in [0.5, 0.6) is 5.75 Å². The first kappa shape index (κ1) is 18.4. The van der Waals surface area contributed by atoms with E-state index in [1.807, 2.05) is 37.3 Å². The Hall–Kier alpha value is -2.38. The summed E-state index contributed by atoms with van der Waals surface area (Å²) in [6, 6.07) is 9.38. The monoisotopic (exact) mass is 358 g/mol. The van der Waals surface area contributed by atoms with Crippen molar-refractivity contribution in [3.05, 3.63) is 46.9 Å². The highest BCUT2D eigenvalue weighted by atomic mass is 16.5. The molecule has 1 aromatic heterocycles. The predicted octanol–water partition coefficient (Wildman–Crippen LogP) is 1.40. The van der Waals surface area contributed by atoms with E-state index in [1.54, 1.807) is 6.20 Å². The molecule has 0 spiro atoms. The summed E-state index contributed by atoms with van der Waals surface area (Å²) in [4.78, 5) is 17.5. The van der Waals surface area contributed by atoms with Crippen LogP contribution in [0.25, 0.3) is 5.69 Å². The number of para-hydroxylation sites is 1. The third-order valence-corrected chi connectivity index (χ3v) is 4.44. The fraction of sp³-hybridized carbons (Fsp3) is 0.474. The molecule has 0 radical (unpaired) electrons. The number of hydrogen-bond acceptors (Lipinski definition) is 6. The maximum absolute atomic E-state index is 13.1. The molecule has 7 nitrogen and oxygen atoms in total. The van der Waals surface area contributed by atoms with Gasteiger partial charge in [0.05, 0.1) is 18.5 Å². The zero-order valence-corrected chi connectivity index (χ0v) is 15.4. The Morgan fingerprint density at radius 1 is 1.08 bits per heavy atom. The van der Waals surface area contributed by atoms with E-state index >= 15 is 0 Å². The number of rotatable bonds is 7. The Balaban J connectivity index is 1.92. The van der Waals surface area contributed by atoms with Crippen LogP contribution in [0.15, 0.2) is 41.3 Å².